The van der Waals surface area contributed by atoms with E-state index in [1.54, 1.807) is 6.20 Å². The number of nitrogens with one attached hydrogen (secondary N) is 2. The third-order valence-corrected chi connectivity index (χ3v) is 4.41. The van der Waals surface area contributed by atoms with Crippen molar-refractivity contribution in [3.63, 3.8) is 0 Å². The molecule has 1 atom stereocenters. The molecule has 4 rings (SSSR count). The van der Waals surface area contributed by atoms with Crippen molar-refractivity contribution >= 4 is 43.7 Å². The number of aromatic amines is 1. The van der Waals surface area contributed by atoms with E-state index in [4.69, 9.17) is 4.42 Å². The van der Waals surface area contributed by atoms with Gasteiger partial charge in [0.2, 0.25) is 0 Å². The molecule has 0 saturated heterocycles. The fourth-order valence-electron chi connectivity index (χ4n) is 2.78. The maximum atomic E-state index is 11.9. The number of hydrogen-bond acceptors (Lipinski definition) is 4. The van der Waals surface area contributed by atoms with Crippen molar-refractivity contribution in [1.82, 2.24) is 9.97 Å². The number of hydrogen-bond donors (Lipinski definition) is 2. The Morgan fingerprint density at radius 1 is 1.17 bits per heavy atom. The number of para-hydroxylation sites is 1. The zero-order chi connectivity index (χ0) is 16.7. The molecule has 2 aromatic heterocycles. The molecule has 0 spiro atoms. The summed E-state index contributed by atoms with van der Waals surface area (Å²) in [6, 6.07) is 13.9. The molecule has 2 N–H and O–H groups in total. The fourth-order valence-corrected chi connectivity index (χ4v) is 3.07. The highest BCUT2D eigenvalue weighted by atomic mass is 79.9. The molecule has 0 saturated carbocycles. The summed E-state index contributed by atoms with van der Waals surface area (Å²) in [7, 11) is 0. The molecule has 0 amide bonds. The average molecular weight is 384 g/mol. The summed E-state index contributed by atoms with van der Waals surface area (Å²) in [6.45, 7) is 1.99. The molecule has 0 bridgehead atoms. The van der Waals surface area contributed by atoms with Crippen LogP contribution in [-0.2, 0) is 0 Å². The lowest BCUT2D eigenvalue weighted by atomic mass is 10.0. The summed E-state index contributed by atoms with van der Waals surface area (Å²) in [4.78, 5) is 18.7. The zero-order valence-corrected chi connectivity index (χ0v) is 14.4. The van der Waals surface area contributed by atoms with E-state index in [1.807, 2.05) is 43.3 Å². The van der Waals surface area contributed by atoms with Gasteiger partial charge >= 0.3 is 0 Å². The number of nitrogens with zero attached hydrogens (tertiary/aromatic N) is 1. The van der Waals surface area contributed by atoms with Crippen molar-refractivity contribution in [3.05, 3.63) is 69.2 Å². The molecule has 24 heavy (non-hydrogen) atoms. The number of rotatable bonds is 3. The van der Waals surface area contributed by atoms with Gasteiger partial charge in [-0.3, -0.25) is 4.79 Å². The highest BCUT2D eigenvalue weighted by Gasteiger charge is 2.12. The smallest absolute Gasteiger partial charge is 0.291 e. The second-order valence-corrected chi connectivity index (χ2v) is 6.48. The first-order valence-electron chi connectivity index (χ1n) is 7.54. The van der Waals surface area contributed by atoms with Gasteiger partial charge in [0.25, 0.3) is 5.56 Å². The van der Waals surface area contributed by atoms with Crippen LogP contribution < -0.4 is 10.9 Å². The molecule has 0 fully saturated rings. The van der Waals surface area contributed by atoms with Crippen LogP contribution in [0.1, 0.15) is 18.5 Å². The third-order valence-electron chi connectivity index (χ3n) is 4.01. The van der Waals surface area contributed by atoms with Gasteiger partial charge in [-0.1, -0.05) is 24.3 Å². The first kappa shape index (κ1) is 15.0. The number of benzene rings is 2. The highest BCUT2D eigenvalue weighted by molar-refractivity contribution is 9.10. The largest absolute Gasteiger partial charge is 0.456 e. The monoisotopic (exact) mass is 383 g/mol. The lowest BCUT2D eigenvalue weighted by molar-refractivity contribution is 0.668. The van der Waals surface area contributed by atoms with Crippen LogP contribution in [0.4, 0.5) is 5.82 Å². The van der Waals surface area contributed by atoms with Crippen LogP contribution in [0.25, 0.3) is 21.9 Å². The molecule has 0 aliphatic carbocycles. The molecule has 0 aliphatic heterocycles. The van der Waals surface area contributed by atoms with Crippen LogP contribution in [0.3, 0.4) is 0 Å². The standard InChI is InChI=1S/C18H14BrN3O2/c1-10(21-17-18(23)22-16(19)9-20-17)11-6-7-15-13(8-11)12-4-2-3-5-14(12)24-15/h2-10H,1H3,(H,20,21)(H,22,23)/t10-/m1/s1. The maximum Gasteiger partial charge on any atom is 0.291 e. The summed E-state index contributed by atoms with van der Waals surface area (Å²) in [5.74, 6) is 0.294. The summed E-state index contributed by atoms with van der Waals surface area (Å²) in [5, 5.41) is 5.30. The van der Waals surface area contributed by atoms with Crippen LogP contribution in [0.2, 0.25) is 0 Å². The fraction of sp³-hybridized carbons (Fsp3) is 0.111. The molecule has 2 heterocycles. The van der Waals surface area contributed by atoms with Crippen molar-refractivity contribution < 1.29 is 4.42 Å². The Bertz CT molecular complexity index is 1100. The van der Waals surface area contributed by atoms with E-state index >= 15 is 0 Å². The van der Waals surface area contributed by atoms with Crippen molar-refractivity contribution in [2.45, 2.75) is 13.0 Å². The minimum absolute atomic E-state index is 0.0714. The zero-order valence-electron chi connectivity index (χ0n) is 12.8. The van der Waals surface area contributed by atoms with Crippen LogP contribution >= 0.6 is 15.9 Å². The Morgan fingerprint density at radius 2 is 1.96 bits per heavy atom. The molecule has 6 heteroatoms. The van der Waals surface area contributed by atoms with E-state index in [0.717, 1.165) is 27.5 Å². The Morgan fingerprint density at radius 3 is 2.79 bits per heavy atom. The van der Waals surface area contributed by atoms with Crippen molar-refractivity contribution in [1.29, 1.82) is 0 Å². The van der Waals surface area contributed by atoms with Crippen molar-refractivity contribution in [2.24, 2.45) is 0 Å². The molecule has 0 unspecified atom stereocenters. The summed E-state index contributed by atoms with van der Waals surface area (Å²) in [5.41, 5.74) is 2.52. The summed E-state index contributed by atoms with van der Waals surface area (Å²) < 4.78 is 6.40. The van der Waals surface area contributed by atoms with E-state index in [2.05, 4.69) is 37.3 Å². The van der Waals surface area contributed by atoms with E-state index in [1.165, 1.54) is 0 Å². The molecular weight excluding hydrogens is 370 g/mol. The van der Waals surface area contributed by atoms with Gasteiger partial charge in [0.05, 0.1) is 12.2 Å². The SMILES string of the molecule is C[C@@H](Nc1ncc(Br)[nH]c1=O)c1ccc2oc3ccccc3c2c1. The number of aromatic nitrogens is 2. The van der Waals surface area contributed by atoms with E-state index in [0.29, 0.717) is 10.4 Å². The Labute approximate surface area is 145 Å². The quantitative estimate of drug-likeness (QED) is 0.541. The number of halogens is 1. The van der Waals surface area contributed by atoms with Gasteiger partial charge in [-0.2, -0.15) is 0 Å². The van der Waals surface area contributed by atoms with Gasteiger partial charge in [-0.05, 0) is 46.6 Å². The minimum Gasteiger partial charge on any atom is -0.456 e. The topological polar surface area (TPSA) is 70.9 Å². The van der Waals surface area contributed by atoms with Gasteiger partial charge in [-0.15, -0.1) is 0 Å². The summed E-state index contributed by atoms with van der Waals surface area (Å²) in [6.07, 6.45) is 1.56. The van der Waals surface area contributed by atoms with Crippen LogP contribution in [-0.4, -0.2) is 9.97 Å². The van der Waals surface area contributed by atoms with Gasteiger partial charge in [0, 0.05) is 10.8 Å². The number of furan rings is 1. The molecule has 0 aliphatic rings. The lowest BCUT2D eigenvalue weighted by Crippen LogP contribution is -2.18. The molecule has 120 valence electrons. The van der Waals surface area contributed by atoms with E-state index in [-0.39, 0.29) is 11.6 Å². The molecule has 5 nitrogen and oxygen atoms in total. The van der Waals surface area contributed by atoms with E-state index in [9.17, 15) is 4.79 Å². The first-order chi connectivity index (χ1) is 11.6. The molecule has 0 radical (unpaired) electrons. The van der Waals surface area contributed by atoms with Gasteiger partial charge in [0.15, 0.2) is 5.82 Å². The van der Waals surface area contributed by atoms with Gasteiger partial charge in [-0.25, -0.2) is 4.98 Å². The Balaban J connectivity index is 1.72. The molecule has 4 aromatic rings. The van der Waals surface area contributed by atoms with Crippen LogP contribution in [0.5, 0.6) is 0 Å². The Kier molecular flexibility index (Phi) is 3.61. The average Bonchev–Trinajstić information content (AvgIpc) is 2.95. The van der Waals surface area contributed by atoms with Crippen LogP contribution in [0, 0.1) is 0 Å². The predicted molar refractivity (Wildman–Crippen MR) is 98.3 cm³/mol. The van der Waals surface area contributed by atoms with E-state index < -0.39 is 0 Å². The first-order valence-corrected chi connectivity index (χ1v) is 8.33. The van der Waals surface area contributed by atoms with Crippen LogP contribution in [0.15, 0.2) is 62.5 Å². The minimum atomic E-state index is -0.258. The van der Waals surface area contributed by atoms with Crippen molar-refractivity contribution in [3.8, 4) is 0 Å². The second kappa shape index (κ2) is 5.79. The van der Waals surface area contributed by atoms with Gasteiger partial charge < -0.3 is 14.7 Å². The highest BCUT2D eigenvalue weighted by Crippen LogP contribution is 2.31. The number of anilines is 1. The third kappa shape index (κ3) is 2.59. The Hall–Kier alpha value is -2.60. The maximum absolute atomic E-state index is 11.9. The van der Waals surface area contributed by atoms with Crippen molar-refractivity contribution in [2.75, 3.05) is 5.32 Å². The molecule has 2 aromatic carbocycles. The number of H-pyrrole nitrogens is 1. The van der Waals surface area contributed by atoms with Gasteiger partial charge in [0.1, 0.15) is 15.8 Å². The lowest BCUT2D eigenvalue weighted by Gasteiger charge is -2.14. The normalized spacial score (nSPS) is 12.6. The molecular formula is C18H14BrN3O2. The summed E-state index contributed by atoms with van der Waals surface area (Å²) >= 11 is 3.20. The predicted octanol–water partition coefficient (Wildman–Crippen LogP) is 4.60. The second-order valence-electron chi connectivity index (χ2n) is 5.63. The number of fused-ring (bicyclic) bond motifs is 3.